The number of hydrogen-bond acceptors (Lipinski definition) is 4. The number of rotatable bonds is 2. The summed E-state index contributed by atoms with van der Waals surface area (Å²) in [6.45, 7) is 1.43. The Morgan fingerprint density at radius 1 is 1.09 bits per heavy atom. The van der Waals surface area contributed by atoms with Gasteiger partial charge in [0.05, 0.1) is 23.2 Å². The van der Waals surface area contributed by atoms with E-state index in [1.165, 1.54) is 18.2 Å². The number of fused-ring (bicyclic) bond motifs is 1. The number of halogens is 1. The van der Waals surface area contributed by atoms with Crippen LogP contribution in [0.4, 0.5) is 4.39 Å². The molecule has 0 bridgehead atoms. The lowest BCUT2D eigenvalue weighted by molar-refractivity contribution is 0.276. The van der Waals surface area contributed by atoms with Crippen molar-refractivity contribution in [3.63, 3.8) is 0 Å². The molecular weight excluding hydrogens is 285 g/mol. The van der Waals surface area contributed by atoms with Gasteiger partial charge in [0.15, 0.2) is 0 Å². The largest absolute Gasteiger partial charge is 0.507 e. The summed E-state index contributed by atoms with van der Waals surface area (Å²) in [5.41, 5.74) is 1.95. The second kappa shape index (κ2) is 5.27. The summed E-state index contributed by atoms with van der Waals surface area (Å²) in [4.78, 5) is 4.29. The van der Waals surface area contributed by atoms with E-state index in [4.69, 9.17) is 5.11 Å². The number of benzene rings is 2. The summed E-state index contributed by atoms with van der Waals surface area (Å²) in [7, 11) is 0. The summed E-state index contributed by atoms with van der Waals surface area (Å²) in [5, 5.41) is 29.5. The highest BCUT2D eigenvalue weighted by atomic mass is 19.1. The van der Waals surface area contributed by atoms with Gasteiger partial charge in [-0.3, -0.25) is 0 Å². The maximum absolute atomic E-state index is 14.1. The molecule has 22 heavy (non-hydrogen) atoms. The van der Waals surface area contributed by atoms with Crippen LogP contribution in [-0.4, -0.2) is 20.3 Å². The summed E-state index contributed by atoms with van der Waals surface area (Å²) in [6.07, 6.45) is 0. The molecule has 0 saturated heterocycles. The Morgan fingerprint density at radius 3 is 2.55 bits per heavy atom. The molecule has 1 heterocycles. The lowest BCUT2D eigenvalue weighted by Crippen LogP contribution is -1.92. The maximum atomic E-state index is 14.1. The van der Waals surface area contributed by atoms with Crippen LogP contribution >= 0.6 is 0 Å². The fraction of sp³-hybridized carbons (Fsp3) is 0.118. The summed E-state index contributed by atoms with van der Waals surface area (Å²) in [6, 6.07) is 9.13. The van der Waals surface area contributed by atoms with Gasteiger partial charge in [0.1, 0.15) is 17.3 Å². The first-order valence-electron chi connectivity index (χ1n) is 6.73. The molecule has 0 radical (unpaired) electrons. The van der Waals surface area contributed by atoms with Crippen LogP contribution in [0, 0.1) is 12.7 Å². The quantitative estimate of drug-likeness (QED) is 0.679. The Kier molecular flexibility index (Phi) is 3.42. The van der Waals surface area contributed by atoms with E-state index < -0.39 is 5.82 Å². The molecule has 1 aromatic heterocycles. The smallest absolute Gasteiger partial charge is 0.134 e. The number of phenols is 1. The Balaban J connectivity index is 2.26. The molecule has 2 aromatic carbocycles. The van der Waals surface area contributed by atoms with Gasteiger partial charge in [-0.1, -0.05) is 12.1 Å². The normalized spacial score (nSPS) is 11.0. The summed E-state index contributed by atoms with van der Waals surface area (Å²) < 4.78 is 14.1. The van der Waals surface area contributed by atoms with Gasteiger partial charge < -0.3 is 15.3 Å². The van der Waals surface area contributed by atoms with Gasteiger partial charge in [-0.2, -0.15) is 0 Å². The third-order valence-corrected chi connectivity index (χ3v) is 3.58. The number of nitrogens with zero attached hydrogens (tertiary/aromatic N) is 1. The fourth-order valence-electron chi connectivity index (χ4n) is 2.43. The van der Waals surface area contributed by atoms with Crippen LogP contribution in [0.15, 0.2) is 36.4 Å². The van der Waals surface area contributed by atoms with Crippen LogP contribution in [0.5, 0.6) is 11.5 Å². The predicted octanol–water partition coefficient (Wildman–Crippen LogP) is 3.25. The molecule has 0 unspecified atom stereocenters. The van der Waals surface area contributed by atoms with Crippen LogP contribution in [0.3, 0.4) is 0 Å². The highest BCUT2D eigenvalue weighted by molar-refractivity contribution is 5.93. The van der Waals surface area contributed by atoms with Crippen molar-refractivity contribution >= 4 is 10.9 Å². The molecule has 0 atom stereocenters. The molecule has 3 aromatic rings. The number of aromatic nitrogens is 1. The van der Waals surface area contributed by atoms with Gasteiger partial charge in [-0.15, -0.1) is 0 Å². The molecular formula is C17H14FNO3. The van der Waals surface area contributed by atoms with Crippen molar-refractivity contribution in [3.8, 4) is 22.8 Å². The average molecular weight is 299 g/mol. The zero-order valence-corrected chi connectivity index (χ0v) is 11.8. The van der Waals surface area contributed by atoms with E-state index in [9.17, 15) is 14.6 Å². The molecule has 0 amide bonds. The standard InChI is InChI=1S/C17H14FNO3/c1-9-2-4-11(12(18)6-9)14-7-15(21)16-13(19-14)5-3-10(8-20)17(16)22/h2-7,20,22H,8H2,1H3,(H,19,21). The van der Waals surface area contributed by atoms with E-state index in [2.05, 4.69) is 4.98 Å². The Bertz CT molecular complexity index is 877. The molecule has 3 rings (SSSR count). The average Bonchev–Trinajstić information content (AvgIpc) is 2.47. The zero-order chi connectivity index (χ0) is 15.9. The van der Waals surface area contributed by atoms with Crippen molar-refractivity contribution in [2.45, 2.75) is 13.5 Å². The zero-order valence-electron chi connectivity index (χ0n) is 11.8. The minimum atomic E-state index is -0.428. The highest BCUT2D eigenvalue weighted by Gasteiger charge is 2.15. The number of aliphatic hydroxyl groups is 1. The number of aryl methyl sites for hydroxylation is 1. The number of aliphatic hydroxyl groups excluding tert-OH is 1. The monoisotopic (exact) mass is 299 g/mol. The van der Waals surface area contributed by atoms with Crippen molar-refractivity contribution in [3.05, 3.63) is 53.3 Å². The van der Waals surface area contributed by atoms with Crippen LogP contribution in [0.1, 0.15) is 11.1 Å². The Hall–Kier alpha value is -2.66. The van der Waals surface area contributed by atoms with E-state index in [1.54, 1.807) is 25.1 Å². The first-order valence-corrected chi connectivity index (χ1v) is 6.73. The molecule has 0 aliphatic rings. The Labute approximate surface area is 126 Å². The second-order valence-electron chi connectivity index (χ2n) is 5.14. The van der Waals surface area contributed by atoms with E-state index in [1.807, 2.05) is 0 Å². The van der Waals surface area contributed by atoms with Crippen molar-refractivity contribution in [2.75, 3.05) is 0 Å². The van der Waals surface area contributed by atoms with Crippen LogP contribution < -0.4 is 0 Å². The molecule has 0 fully saturated rings. The lowest BCUT2D eigenvalue weighted by Gasteiger charge is -2.10. The van der Waals surface area contributed by atoms with Gasteiger partial charge in [0.2, 0.25) is 0 Å². The summed E-state index contributed by atoms with van der Waals surface area (Å²) >= 11 is 0. The lowest BCUT2D eigenvalue weighted by atomic mass is 10.0. The van der Waals surface area contributed by atoms with Crippen LogP contribution in [0.25, 0.3) is 22.2 Å². The van der Waals surface area contributed by atoms with Gasteiger partial charge in [-0.05, 0) is 30.7 Å². The van der Waals surface area contributed by atoms with E-state index in [0.29, 0.717) is 11.1 Å². The van der Waals surface area contributed by atoms with E-state index in [-0.39, 0.29) is 34.7 Å². The van der Waals surface area contributed by atoms with Crippen LogP contribution in [0.2, 0.25) is 0 Å². The Morgan fingerprint density at radius 2 is 1.86 bits per heavy atom. The minimum absolute atomic E-state index is 0.141. The minimum Gasteiger partial charge on any atom is -0.507 e. The third-order valence-electron chi connectivity index (χ3n) is 3.58. The molecule has 0 aliphatic carbocycles. The molecule has 0 saturated carbocycles. The van der Waals surface area contributed by atoms with Gasteiger partial charge in [0.25, 0.3) is 0 Å². The number of aromatic hydroxyl groups is 2. The molecule has 3 N–H and O–H groups in total. The fourth-order valence-corrected chi connectivity index (χ4v) is 2.43. The van der Waals surface area contributed by atoms with Crippen LogP contribution in [-0.2, 0) is 6.61 Å². The van der Waals surface area contributed by atoms with E-state index >= 15 is 0 Å². The first kappa shape index (κ1) is 14.3. The molecule has 0 aliphatic heterocycles. The van der Waals surface area contributed by atoms with E-state index in [0.717, 1.165) is 5.56 Å². The van der Waals surface area contributed by atoms with Crippen molar-refractivity contribution in [1.29, 1.82) is 0 Å². The molecule has 4 nitrogen and oxygen atoms in total. The third kappa shape index (κ3) is 2.25. The van der Waals surface area contributed by atoms with Crippen molar-refractivity contribution in [2.24, 2.45) is 0 Å². The topological polar surface area (TPSA) is 73.6 Å². The molecule has 0 spiro atoms. The van der Waals surface area contributed by atoms with Gasteiger partial charge in [0, 0.05) is 17.2 Å². The molecule has 5 heteroatoms. The number of hydrogen-bond donors (Lipinski definition) is 3. The molecule has 112 valence electrons. The summed E-state index contributed by atoms with van der Waals surface area (Å²) in [5.74, 6) is -0.865. The van der Waals surface area contributed by atoms with Gasteiger partial charge in [-0.25, -0.2) is 9.37 Å². The number of pyridine rings is 1. The highest BCUT2D eigenvalue weighted by Crippen LogP contribution is 2.37. The first-order chi connectivity index (χ1) is 10.5. The van der Waals surface area contributed by atoms with Crippen molar-refractivity contribution < 1.29 is 19.7 Å². The van der Waals surface area contributed by atoms with Crippen molar-refractivity contribution in [1.82, 2.24) is 4.98 Å². The maximum Gasteiger partial charge on any atom is 0.134 e. The van der Waals surface area contributed by atoms with Gasteiger partial charge >= 0.3 is 0 Å². The predicted molar refractivity (Wildman–Crippen MR) is 81.1 cm³/mol. The SMILES string of the molecule is Cc1ccc(-c2cc(O)c3c(O)c(CO)ccc3n2)c(F)c1. The second-order valence-corrected chi connectivity index (χ2v) is 5.14.